The molecule has 1 aromatic heterocycles. The molecular weight excluding hydrogens is 360 g/mol. The van der Waals surface area contributed by atoms with Gasteiger partial charge in [0, 0.05) is 30.8 Å². The van der Waals surface area contributed by atoms with Crippen molar-refractivity contribution in [1.82, 2.24) is 15.1 Å². The van der Waals surface area contributed by atoms with E-state index in [9.17, 15) is 9.59 Å². The summed E-state index contributed by atoms with van der Waals surface area (Å²) in [7, 11) is 0. The van der Waals surface area contributed by atoms with Gasteiger partial charge in [0.25, 0.3) is 11.8 Å². The summed E-state index contributed by atoms with van der Waals surface area (Å²) in [4.78, 5) is 27.1. The molecule has 0 aliphatic carbocycles. The molecule has 0 bridgehead atoms. The molecule has 0 unspecified atom stereocenters. The number of likely N-dealkylation sites (tertiary alicyclic amines) is 1. The summed E-state index contributed by atoms with van der Waals surface area (Å²) < 4.78 is 0. The lowest BCUT2D eigenvalue weighted by atomic mass is 10.1. The van der Waals surface area contributed by atoms with Gasteiger partial charge < -0.3 is 10.2 Å². The van der Waals surface area contributed by atoms with E-state index >= 15 is 0 Å². The first-order valence-electron chi connectivity index (χ1n) is 9.56. The number of aromatic nitrogens is 2. The summed E-state index contributed by atoms with van der Waals surface area (Å²) in [6, 6.07) is 7.12. The third-order valence-electron chi connectivity index (χ3n) is 4.50. The molecule has 2 heterocycles. The number of hydrogen-bond donors (Lipinski definition) is 1. The van der Waals surface area contributed by atoms with Crippen LogP contribution < -0.4 is 5.32 Å². The SMILES string of the molecule is CC(C)Cc1nnc(C(=O)Nc2cccc(C(=O)N3CCCCCC3)c2)s1. The predicted octanol–water partition coefficient (Wildman–Crippen LogP) is 4.01. The topological polar surface area (TPSA) is 75.2 Å². The van der Waals surface area contributed by atoms with Crippen LogP contribution in [0, 0.1) is 5.92 Å². The molecule has 1 aliphatic rings. The fourth-order valence-electron chi connectivity index (χ4n) is 3.15. The summed E-state index contributed by atoms with van der Waals surface area (Å²) in [6.45, 7) is 5.82. The van der Waals surface area contributed by atoms with Gasteiger partial charge in [0.15, 0.2) is 0 Å². The van der Waals surface area contributed by atoms with Gasteiger partial charge >= 0.3 is 0 Å². The van der Waals surface area contributed by atoms with Crippen molar-refractivity contribution >= 4 is 28.8 Å². The number of anilines is 1. The van der Waals surface area contributed by atoms with E-state index in [1.165, 1.54) is 24.2 Å². The third-order valence-corrected chi connectivity index (χ3v) is 5.45. The summed E-state index contributed by atoms with van der Waals surface area (Å²) >= 11 is 1.31. The Morgan fingerprint density at radius 1 is 1.15 bits per heavy atom. The van der Waals surface area contributed by atoms with Crippen molar-refractivity contribution in [2.75, 3.05) is 18.4 Å². The van der Waals surface area contributed by atoms with Crippen molar-refractivity contribution in [2.45, 2.75) is 46.0 Å². The molecule has 7 heteroatoms. The van der Waals surface area contributed by atoms with Crippen molar-refractivity contribution in [2.24, 2.45) is 5.92 Å². The van der Waals surface area contributed by atoms with Crippen LogP contribution in [0.25, 0.3) is 0 Å². The van der Waals surface area contributed by atoms with E-state index in [0.717, 1.165) is 37.4 Å². The normalized spacial score (nSPS) is 14.9. The van der Waals surface area contributed by atoms with Gasteiger partial charge in [-0.3, -0.25) is 9.59 Å². The molecule has 1 N–H and O–H groups in total. The van der Waals surface area contributed by atoms with E-state index in [0.29, 0.717) is 22.2 Å². The van der Waals surface area contributed by atoms with E-state index in [-0.39, 0.29) is 11.8 Å². The highest BCUT2D eigenvalue weighted by atomic mass is 32.1. The number of amides is 2. The molecular formula is C20H26N4O2S. The monoisotopic (exact) mass is 386 g/mol. The van der Waals surface area contributed by atoms with Crippen LogP contribution in [0.15, 0.2) is 24.3 Å². The molecule has 2 aromatic rings. The highest BCUT2D eigenvalue weighted by molar-refractivity contribution is 7.13. The number of benzene rings is 1. The average Bonchev–Trinajstić information content (AvgIpc) is 2.93. The Labute approximate surface area is 164 Å². The van der Waals surface area contributed by atoms with Gasteiger partial charge in [-0.15, -0.1) is 10.2 Å². The summed E-state index contributed by atoms with van der Waals surface area (Å²) in [5, 5.41) is 12.1. The molecule has 2 amide bonds. The predicted molar refractivity (Wildman–Crippen MR) is 107 cm³/mol. The third kappa shape index (κ3) is 5.35. The molecule has 1 aromatic carbocycles. The molecule has 144 valence electrons. The first-order chi connectivity index (χ1) is 13.0. The summed E-state index contributed by atoms with van der Waals surface area (Å²) in [6.07, 6.45) is 5.28. The highest BCUT2D eigenvalue weighted by Gasteiger charge is 2.18. The van der Waals surface area contributed by atoms with Crippen LogP contribution in [0.3, 0.4) is 0 Å². The zero-order valence-electron chi connectivity index (χ0n) is 15.9. The number of carbonyl (C=O) groups is 2. The van der Waals surface area contributed by atoms with Crippen molar-refractivity contribution in [3.05, 3.63) is 39.8 Å². The zero-order chi connectivity index (χ0) is 19.2. The lowest BCUT2D eigenvalue weighted by Crippen LogP contribution is -2.31. The second-order valence-electron chi connectivity index (χ2n) is 7.34. The molecule has 1 fully saturated rings. The van der Waals surface area contributed by atoms with Crippen LogP contribution >= 0.6 is 11.3 Å². The lowest BCUT2D eigenvalue weighted by molar-refractivity contribution is 0.0761. The fourth-order valence-corrected chi connectivity index (χ4v) is 4.09. The van der Waals surface area contributed by atoms with Crippen molar-refractivity contribution in [3.8, 4) is 0 Å². The smallest absolute Gasteiger partial charge is 0.286 e. The number of rotatable bonds is 5. The number of nitrogens with zero attached hydrogens (tertiary/aromatic N) is 3. The highest BCUT2D eigenvalue weighted by Crippen LogP contribution is 2.19. The Bertz CT molecular complexity index is 795. The first kappa shape index (κ1) is 19.5. The molecule has 0 saturated carbocycles. The molecule has 27 heavy (non-hydrogen) atoms. The van der Waals surface area contributed by atoms with Crippen LogP contribution in [0.1, 0.15) is 64.7 Å². The largest absolute Gasteiger partial charge is 0.339 e. The summed E-state index contributed by atoms with van der Waals surface area (Å²) in [5.74, 6) is 0.209. The maximum atomic E-state index is 12.8. The van der Waals surface area contributed by atoms with E-state index < -0.39 is 0 Å². The number of hydrogen-bond acceptors (Lipinski definition) is 5. The minimum Gasteiger partial charge on any atom is -0.339 e. The fraction of sp³-hybridized carbons (Fsp3) is 0.500. The minimum atomic E-state index is -0.290. The Hall–Kier alpha value is -2.28. The molecule has 6 nitrogen and oxygen atoms in total. The van der Waals surface area contributed by atoms with Gasteiger partial charge in [0.05, 0.1) is 0 Å². The molecule has 0 spiro atoms. The second kappa shape index (κ2) is 9.08. The van der Waals surface area contributed by atoms with Gasteiger partial charge in [-0.05, 0) is 37.0 Å². The Balaban J connectivity index is 1.67. The van der Waals surface area contributed by atoms with E-state index in [2.05, 4.69) is 29.4 Å². The number of nitrogens with one attached hydrogen (secondary N) is 1. The Morgan fingerprint density at radius 2 is 1.89 bits per heavy atom. The summed E-state index contributed by atoms with van der Waals surface area (Å²) in [5.41, 5.74) is 1.20. The quantitative estimate of drug-likeness (QED) is 0.843. The average molecular weight is 387 g/mol. The molecule has 0 atom stereocenters. The van der Waals surface area contributed by atoms with Crippen LogP contribution in [-0.2, 0) is 6.42 Å². The maximum absolute atomic E-state index is 12.8. The van der Waals surface area contributed by atoms with Gasteiger partial charge in [0.1, 0.15) is 5.01 Å². The van der Waals surface area contributed by atoms with Crippen molar-refractivity contribution in [3.63, 3.8) is 0 Å². The number of carbonyl (C=O) groups excluding carboxylic acids is 2. The van der Waals surface area contributed by atoms with E-state index in [1.54, 1.807) is 24.3 Å². The Morgan fingerprint density at radius 3 is 2.59 bits per heavy atom. The maximum Gasteiger partial charge on any atom is 0.286 e. The van der Waals surface area contributed by atoms with E-state index in [1.807, 2.05) is 4.90 Å². The minimum absolute atomic E-state index is 0.0307. The van der Waals surface area contributed by atoms with Crippen LogP contribution in [0.5, 0.6) is 0 Å². The molecule has 1 aliphatic heterocycles. The van der Waals surface area contributed by atoms with Crippen LogP contribution in [-0.4, -0.2) is 40.0 Å². The van der Waals surface area contributed by atoms with Crippen LogP contribution in [0.4, 0.5) is 5.69 Å². The van der Waals surface area contributed by atoms with Gasteiger partial charge in [-0.25, -0.2) is 0 Å². The van der Waals surface area contributed by atoms with Crippen LogP contribution in [0.2, 0.25) is 0 Å². The van der Waals surface area contributed by atoms with Crippen molar-refractivity contribution < 1.29 is 9.59 Å². The zero-order valence-corrected chi connectivity index (χ0v) is 16.7. The first-order valence-corrected chi connectivity index (χ1v) is 10.4. The second-order valence-corrected chi connectivity index (χ2v) is 8.40. The molecule has 3 rings (SSSR count). The lowest BCUT2D eigenvalue weighted by Gasteiger charge is -2.20. The Kier molecular flexibility index (Phi) is 6.55. The molecule has 1 saturated heterocycles. The van der Waals surface area contributed by atoms with E-state index in [4.69, 9.17) is 0 Å². The standard InChI is InChI=1S/C20H26N4O2S/c1-14(2)12-17-22-23-19(27-17)18(25)21-16-9-7-8-15(13-16)20(26)24-10-5-3-4-6-11-24/h7-9,13-14H,3-6,10-12H2,1-2H3,(H,21,25). The van der Waals surface area contributed by atoms with Gasteiger partial charge in [-0.1, -0.05) is 44.1 Å². The molecule has 0 radical (unpaired) electrons. The van der Waals surface area contributed by atoms with Gasteiger partial charge in [0.2, 0.25) is 5.01 Å². The van der Waals surface area contributed by atoms with Gasteiger partial charge in [-0.2, -0.15) is 0 Å². The van der Waals surface area contributed by atoms with Crippen molar-refractivity contribution in [1.29, 1.82) is 0 Å².